The number of methoxy groups -OCH3 is 2. The molecule has 6 nitrogen and oxygen atoms in total. The lowest BCUT2D eigenvalue weighted by Gasteiger charge is -2.43. The zero-order valence-corrected chi connectivity index (χ0v) is 19.2. The summed E-state index contributed by atoms with van der Waals surface area (Å²) in [5, 5.41) is 4.16. The van der Waals surface area contributed by atoms with Crippen LogP contribution in [0.4, 0.5) is 5.69 Å². The number of amides is 1. The maximum absolute atomic E-state index is 12.4. The molecule has 0 atom stereocenters. The van der Waals surface area contributed by atoms with Gasteiger partial charge in [-0.1, -0.05) is 19.1 Å². The molecule has 0 aromatic heterocycles. The van der Waals surface area contributed by atoms with Crippen LogP contribution in [0, 0.1) is 0 Å². The third-order valence-corrected chi connectivity index (χ3v) is 5.48. The van der Waals surface area contributed by atoms with Crippen molar-refractivity contribution in [2.75, 3.05) is 25.7 Å². The van der Waals surface area contributed by atoms with Crippen molar-refractivity contribution < 1.29 is 14.3 Å². The molecule has 0 aliphatic carbocycles. The van der Waals surface area contributed by atoms with E-state index < -0.39 is 0 Å². The minimum absolute atomic E-state index is 0.0710. The predicted molar refractivity (Wildman–Crippen MR) is 126 cm³/mol. The molecular formula is C25H31N3O3. The van der Waals surface area contributed by atoms with Crippen LogP contribution in [0.5, 0.6) is 11.5 Å². The molecule has 0 saturated carbocycles. The van der Waals surface area contributed by atoms with Gasteiger partial charge in [0, 0.05) is 35.0 Å². The molecule has 0 saturated heterocycles. The summed E-state index contributed by atoms with van der Waals surface area (Å²) < 4.78 is 10.8. The molecule has 1 aliphatic rings. The Morgan fingerprint density at radius 2 is 1.97 bits per heavy atom. The highest BCUT2D eigenvalue weighted by atomic mass is 16.5. The Morgan fingerprint density at radius 1 is 1.19 bits per heavy atom. The quantitative estimate of drug-likeness (QED) is 0.511. The van der Waals surface area contributed by atoms with Crippen LogP contribution in [0.3, 0.4) is 0 Å². The highest BCUT2D eigenvalue weighted by molar-refractivity contribution is 5.96. The molecule has 1 N–H and O–H groups in total. The van der Waals surface area contributed by atoms with E-state index in [1.54, 1.807) is 44.7 Å². The molecule has 0 fully saturated rings. The summed E-state index contributed by atoms with van der Waals surface area (Å²) in [6.45, 7) is 9.72. The topological polar surface area (TPSA) is 63.2 Å². The van der Waals surface area contributed by atoms with E-state index in [-0.39, 0.29) is 11.4 Å². The van der Waals surface area contributed by atoms with E-state index in [0.29, 0.717) is 17.1 Å². The molecule has 2 aromatic rings. The Balaban J connectivity index is 1.89. The number of allylic oxidation sites excluding steroid dienone is 1. The maximum atomic E-state index is 12.4. The number of anilines is 1. The highest BCUT2D eigenvalue weighted by Crippen LogP contribution is 2.41. The molecule has 1 amide bonds. The minimum atomic E-state index is -0.306. The van der Waals surface area contributed by atoms with Gasteiger partial charge in [0.25, 0.3) is 5.91 Å². The molecule has 0 unspecified atom stereocenters. The first kappa shape index (κ1) is 22.4. The summed E-state index contributed by atoms with van der Waals surface area (Å²) >= 11 is 0. The number of fused-ring (bicyclic) bond motifs is 1. The van der Waals surface area contributed by atoms with Crippen LogP contribution in [0.15, 0.2) is 47.6 Å². The second-order valence-corrected chi connectivity index (χ2v) is 8.18. The largest absolute Gasteiger partial charge is 0.497 e. The Kier molecular flexibility index (Phi) is 6.68. The molecule has 1 heterocycles. The zero-order valence-electron chi connectivity index (χ0n) is 19.2. The van der Waals surface area contributed by atoms with Crippen molar-refractivity contribution in [1.29, 1.82) is 0 Å². The molecule has 164 valence electrons. The number of nitrogens with zero attached hydrogens (tertiary/aromatic N) is 2. The molecule has 2 aromatic carbocycles. The number of hydrogen-bond donors (Lipinski definition) is 1. The van der Waals surface area contributed by atoms with Crippen molar-refractivity contribution in [3.8, 4) is 11.5 Å². The van der Waals surface area contributed by atoms with Gasteiger partial charge in [-0.3, -0.25) is 4.79 Å². The number of ether oxygens (including phenoxy) is 2. The van der Waals surface area contributed by atoms with Gasteiger partial charge in [0.2, 0.25) is 0 Å². The van der Waals surface area contributed by atoms with Gasteiger partial charge in [0.1, 0.15) is 11.5 Å². The van der Waals surface area contributed by atoms with Gasteiger partial charge in [0.15, 0.2) is 0 Å². The first-order chi connectivity index (χ1) is 14.8. The summed E-state index contributed by atoms with van der Waals surface area (Å²) in [6.07, 6.45) is 4.97. The zero-order chi connectivity index (χ0) is 22.6. The average Bonchev–Trinajstić information content (AvgIpc) is 2.76. The third kappa shape index (κ3) is 4.74. The number of nitrogens with one attached hydrogen (secondary N) is 1. The minimum Gasteiger partial charge on any atom is -0.497 e. The summed E-state index contributed by atoms with van der Waals surface area (Å²) in [6, 6.07) is 11.1. The number of rotatable bonds is 7. The summed E-state index contributed by atoms with van der Waals surface area (Å²) in [5.41, 5.74) is 7.30. The molecular weight excluding hydrogens is 390 g/mol. The van der Waals surface area contributed by atoms with Gasteiger partial charge >= 0.3 is 0 Å². The van der Waals surface area contributed by atoms with Gasteiger partial charge in [-0.05, 0) is 57.0 Å². The Labute approximate surface area is 184 Å². The fourth-order valence-corrected chi connectivity index (χ4v) is 4.02. The van der Waals surface area contributed by atoms with E-state index in [9.17, 15) is 4.79 Å². The second-order valence-electron chi connectivity index (χ2n) is 8.18. The van der Waals surface area contributed by atoms with Crippen LogP contribution < -0.4 is 19.8 Å². The molecule has 3 rings (SSSR count). The van der Waals surface area contributed by atoms with Crippen molar-refractivity contribution in [3.63, 3.8) is 0 Å². The van der Waals surface area contributed by atoms with Crippen molar-refractivity contribution in [3.05, 3.63) is 59.2 Å². The molecule has 1 aliphatic heterocycles. The average molecular weight is 422 g/mol. The lowest BCUT2D eigenvalue weighted by Crippen LogP contribution is -2.45. The maximum Gasteiger partial charge on any atom is 0.271 e. The fourth-order valence-electron chi connectivity index (χ4n) is 4.02. The second kappa shape index (κ2) is 9.25. The SMILES string of the molecule is CCCN1c2cc(OC)c(/C=N\NC(=O)c3cccc(OC)c3)cc2C(C)=CC1(C)C. The monoisotopic (exact) mass is 421 g/mol. The molecule has 6 heteroatoms. The van der Waals surface area contributed by atoms with E-state index in [2.05, 4.69) is 61.3 Å². The van der Waals surface area contributed by atoms with E-state index in [4.69, 9.17) is 9.47 Å². The van der Waals surface area contributed by atoms with Crippen LogP contribution in [0.1, 0.15) is 55.6 Å². The third-order valence-electron chi connectivity index (χ3n) is 5.48. The van der Waals surface area contributed by atoms with E-state index >= 15 is 0 Å². The number of hydrazone groups is 1. The Morgan fingerprint density at radius 3 is 2.65 bits per heavy atom. The van der Waals surface area contributed by atoms with Crippen LogP contribution >= 0.6 is 0 Å². The van der Waals surface area contributed by atoms with Gasteiger partial charge in [-0.25, -0.2) is 5.43 Å². The van der Waals surface area contributed by atoms with Crippen molar-refractivity contribution in [1.82, 2.24) is 5.43 Å². The number of carbonyl (C=O) groups is 1. The van der Waals surface area contributed by atoms with Crippen molar-refractivity contribution >= 4 is 23.4 Å². The predicted octanol–water partition coefficient (Wildman–Crippen LogP) is 4.88. The van der Waals surface area contributed by atoms with Crippen molar-refractivity contribution in [2.24, 2.45) is 5.10 Å². The van der Waals surface area contributed by atoms with Gasteiger partial charge in [-0.2, -0.15) is 5.10 Å². The summed E-state index contributed by atoms with van der Waals surface area (Å²) in [7, 11) is 3.21. The van der Waals surface area contributed by atoms with Gasteiger partial charge < -0.3 is 14.4 Å². The number of carbonyl (C=O) groups excluding carboxylic acids is 1. The van der Waals surface area contributed by atoms with Gasteiger partial charge in [-0.15, -0.1) is 0 Å². The first-order valence-corrected chi connectivity index (χ1v) is 10.5. The summed E-state index contributed by atoms with van der Waals surface area (Å²) in [4.78, 5) is 14.8. The molecule has 0 radical (unpaired) electrons. The lowest BCUT2D eigenvalue weighted by molar-refractivity contribution is 0.0954. The fraction of sp³-hybridized carbons (Fsp3) is 0.360. The lowest BCUT2D eigenvalue weighted by atomic mass is 9.87. The van der Waals surface area contributed by atoms with E-state index in [1.807, 2.05) is 0 Å². The number of benzene rings is 2. The Bertz CT molecular complexity index is 1020. The number of hydrogen-bond acceptors (Lipinski definition) is 5. The van der Waals surface area contributed by atoms with E-state index in [0.717, 1.165) is 29.8 Å². The normalized spacial score (nSPS) is 14.8. The van der Waals surface area contributed by atoms with E-state index in [1.165, 1.54) is 5.57 Å². The van der Waals surface area contributed by atoms with Crippen LogP contribution in [-0.2, 0) is 0 Å². The molecule has 0 bridgehead atoms. The van der Waals surface area contributed by atoms with Crippen LogP contribution in [0.25, 0.3) is 5.57 Å². The first-order valence-electron chi connectivity index (χ1n) is 10.5. The van der Waals surface area contributed by atoms with Gasteiger partial charge in [0.05, 0.1) is 26.0 Å². The van der Waals surface area contributed by atoms with Crippen LogP contribution in [0.2, 0.25) is 0 Å². The molecule has 31 heavy (non-hydrogen) atoms. The van der Waals surface area contributed by atoms with Crippen molar-refractivity contribution in [2.45, 2.75) is 39.7 Å². The standard InChI is InChI=1S/C25H31N3O3/c1-7-11-28-22-14-23(31-6)19(13-21(22)17(2)15-25(28,3)4)16-26-27-24(29)18-9-8-10-20(12-18)30-5/h8-10,12-16H,7,11H2,1-6H3,(H,27,29)/b26-16-. The Hall–Kier alpha value is -3.28. The smallest absolute Gasteiger partial charge is 0.271 e. The highest BCUT2D eigenvalue weighted by Gasteiger charge is 2.31. The summed E-state index contributed by atoms with van der Waals surface area (Å²) in [5.74, 6) is 1.03. The molecule has 0 spiro atoms. The van der Waals surface area contributed by atoms with Crippen LogP contribution in [-0.4, -0.2) is 38.4 Å².